The van der Waals surface area contributed by atoms with E-state index in [0.29, 0.717) is 29.1 Å². The maximum atomic E-state index is 12.2. The summed E-state index contributed by atoms with van der Waals surface area (Å²) in [4.78, 5) is 16.8. The number of thiazole rings is 1. The van der Waals surface area contributed by atoms with E-state index in [1.165, 1.54) is 35.7 Å². The minimum atomic E-state index is -0.122. The molecule has 0 saturated carbocycles. The normalized spacial score (nSPS) is 15.9. The van der Waals surface area contributed by atoms with E-state index >= 15 is 0 Å². The van der Waals surface area contributed by atoms with Gasteiger partial charge in [-0.2, -0.15) is 11.8 Å². The molecule has 1 aliphatic rings. The molecule has 0 aliphatic carbocycles. The van der Waals surface area contributed by atoms with Gasteiger partial charge in [-0.3, -0.25) is 4.79 Å². The second-order valence-electron chi connectivity index (χ2n) is 4.92. The Hall–Kier alpha value is -0.990. The molecule has 0 radical (unpaired) electrons. The van der Waals surface area contributed by atoms with Gasteiger partial charge in [-0.1, -0.05) is 11.3 Å². The fourth-order valence-corrected chi connectivity index (χ4v) is 4.13. The lowest BCUT2D eigenvalue weighted by Gasteiger charge is -2.21. The van der Waals surface area contributed by atoms with E-state index in [9.17, 15) is 4.79 Å². The van der Waals surface area contributed by atoms with E-state index in [-0.39, 0.29) is 11.7 Å². The van der Waals surface area contributed by atoms with Crippen molar-refractivity contribution in [2.45, 2.75) is 12.8 Å². The zero-order valence-corrected chi connectivity index (χ0v) is 13.8. The van der Waals surface area contributed by atoms with Crippen molar-refractivity contribution in [2.75, 3.05) is 49.4 Å². The number of ether oxygens (including phenoxy) is 1. The van der Waals surface area contributed by atoms with Crippen LogP contribution in [0.1, 0.15) is 22.5 Å². The number of thioether (sulfide) groups is 1. The predicted molar refractivity (Wildman–Crippen MR) is 89.3 cm³/mol. The molecule has 1 aromatic rings. The monoisotopic (exact) mass is 330 g/mol. The average molecular weight is 330 g/mol. The highest BCUT2D eigenvalue weighted by Gasteiger charge is 2.19. The van der Waals surface area contributed by atoms with Crippen LogP contribution in [0.5, 0.6) is 0 Å². The molecule has 0 atom stereocenters. The van der Waals surface area contributed by atoms with Crippen LogP contribution >= 0.6 is 23.1 Å². The number of anilines is 2. The van der Waals surface area contributed by atoms with Crippen molar-refractivity contribution in [1.82, 2.24) is 10.3 Å². The fraction of sp³-hybridized carbons (Fsp3) is 0.692. The number of carbonyl (C=O) groups is 1. The Morgan fingerprint density at radius 3 is 2.95 bits per heavy atom. The van der Waals surface area contributed by atoms with Crippen LogP contribution in [0.25, 0.3) is 0 Å². The summed E-state index contributed by atoms with van der Waals surface area (Å²) in [7, 11) is 1.64. The first-order valence-corrected chi connectivity index (χ1v) is 9.03. The summed E-state index contributed by atoms with van der Waals surface area (Å²) in [6.07, 6.45) is 2.35. The van der Waals surface area contributed by atoms with Crippen LogP contribution in [-0.2, 0) is 4.74 Å². The lowest BCUT2D eigenvalue weighted by atomic mass is 10.0. The largest absolute Gasteiger partial charge is 0.383 e. The van der Waals surface area contributed by atoms with Crippen LogP contribution in [0.15, 0.2) is 0 Å². The van der Waals surface area contributed by atoms with Crippen LogP contribution < -0.4 is 16.4 Å². The number of rotatable bonds is 7. The van der Waals surface area contributed by atoms with E-state index in [0.717, 1.165) is 6.54 Å². The number of methoxy groups -OCH3 is 1. The molecule has 4 N–H and O–H groups in total. The van der Waals surface area contributed by atoms with Crippen LogP contribution in [0.4, 0.5) is 10.9 Å². The molecule has 0 unspecified atom stereocenters. The van der Waals surface area contributed by atoms with Crippen LogP contribution in [0.2, 0.25) is 0 Å². The molecule has 1 aliphatic heterocycles. The van der Waals surface area contributed by atoms with Crippen LogP contribution in [0.3, 0.4) is 0 Å². The molecule has 0 spiro atoms. The Morgan fingerprint density at radius 2 is 2.24 bits per heavy atom. The van der Waals surface area contributed by atoms with Gasteiger partial charge in [0.25, 0.3) is 5.91 Å². The SMILES string of the molecule is COCCNc1nc(N)c(C(=O)NCC2CCSCC2)s1. The van der Waals surface area contributed by atoms with Crippen LogP contribution in [0, 0.1) is 5.92 Å². The molecule has 8 heteroatoms. The zero-order valence-electron chi connectivity index (χ0n) is 12.2. The average Bonchev–Trinajstić information content (AvgIpc) is 2.87. The second kappa shape index (κ2) is 8.45. The van der Waals surface area contributed by atoms with Gasteiger partial charge in [-0.25, -0.2) is 4.98 Å². The Balaban J connectivity index is 1.83. The first-order valence-electron chi connectivity index (χ1n) is 7.05. The molecular weight excluding hydrogens is 308 g/mol. The lowest BCUT2D eigenvalue weighted by Crippen LogP contribution is -2.30. The van der Waals surface area contributed by atoms with Gasteiger partial charge in [0, 0.05) is 20.2 Å². The molecule has 1 aromatic heterocycles. The van der Waals surface area contributed by atoms with E-state index in [4.69, 9.17) is 10.5 Å². The minimum absolute atomic E-state index is 0.122. The highest BCUT2D eigenvalue weighted by Crippen LogP contribution is 2.25. The first-order chi connectivity index (χ1) is 10.2. The number of hydrogen-bond acceptors (Lipinski definition) is 7. The predicted octanol–water partition coefficient (Wildman–Crippen LogP) is 1.66. The summed E-state index contributed by atoms with van der Waals surface area (Å²) < 4.78 is 4.96. The van der Waals surface area contributed by atoms with Gasteiger partial charge >= 0.3 is 0 Å². The smallest absolute Gasteiger partial charge is 0.265 e. The third-order valence-corrected chi connectivity index (χ3v) is 5.41. The van der Waals surface area contributed by atoms with E-state index in [2.05, 4.69) is 15.6 Å². The van der Waals surface area contributed by atoms with E-state index < -0.39 is 0 Å². The summed E-state index contributed by atoms with van der Waals surface area (Å²) in [5, 5.41) is 6.72. The number of nitrogens with two attached hydrogens (primary N) is 1. The molecule has 6 nitrogen and oxygen atoms in total. The third kappa shape index (κ3) is 5.05. The Kier molecular flexibility index (Phi) is 6.59. The van der Waals surface area contributed by atoms with Crippen molar-refractivity contribution in [3.63, 3.8) is 0 Å². The number of carbonyl (C=O) groups excluding carboxylic acids is 1. The van der Waals surface area contributed by atoms with Gasteiger partial charge in [0.05, 0.1) is 6.61 Å². The van der Waals surface area contributed by atoms with E-state index in [1.54, 1.807) is 7.11 Å². The summed E-state index contributed by atoms with van der Waals surface area (Å²) >= 11 is 3.27. The van der Waals surface area contributed by atoms with Crippen molar-refractivity contribution in [3.8, 4) is 0 Å². The number of nitrogens with zero attached hydrogens (tertiary/aromatic N) is 1. The molecule has 1 amide bonds. The summed E-state index contributed by atoms with van der Waals surface area (Å²) in [5.41, 5.74) is 5.82. The maximum Gasteiger partial charge on any atom is 0.265 e. The van der Waals surface area contributed by atoms with Crippen LogP contribution in [-0.4, -0.2) is 49.2 Å². The Morgan fingerprint density at radius 1 is 1.48 bits per heavy atom. The molecule has 2 rings (SSSR count). The fourth-order valence-electron chi connectivity index (χ4n) is 2.10. The second-order valence-corrected chi connectivity index (χ2v) is 7.14. The first kappa shape index (κ1) is 16.4. The summed E-state index contributed by atoms with van der Waals surface area (Å²) in [6, 6.07) is 0. The number of amides is 1. The van der Waals surface area contributed by atoms with E-state index in [1.807, 2.05) is 11.8 Å². The quantitative estimate of drug-likeness (QED) is 0.659. The molecule has 0 aromatic carbocycles. The number of aromatic nitrogens is 1. The maximum absolute atomic E-state index is 12.2. The molecule has 118 valence electrons. The molecule has 1 fully saturated rings. The third-order valence-electron chi connectivity index (χ3n) is 3.33. The van der Waals surface area contributed by atoms with Gasteiger partial charge < -0.3 is 21.1 Å². The number of hydrogen-bond donors (Lipinski definition) is 3. The Bertz CT molecular complexity index is 461. The van der Waals surface area contributed by atoms with Gasteiger partial charge in [0.2, 0.25) is 0 Å². The molecule has 2 heterocycles. The standard InChI is InChI=1S/C13H22N4O2S2/c1-19-5-4-15-13-17-11(14)10(21-13)12(18)16-8-9-2-6-20-7-3-9/h9H,2-8,14H2,1H3,(H,15,17)(H,16,18). The molecule has 21 heavy (non-hydrogen) atoms. The van der Waals surface area contributed by atoms with Crippen molar-refractivity contribution >= 4 is 40.0 Å². The van der Waals surface area contributed by atoms with Crippen molar-refractivity contribution in [1.29, 1.82) is 0 Å². The molecule has 1 saturated heterocycles. The van der Waals surface area contributed by atoms with Crippen molar-refractivity contribution in [3.05, 3.63) is 4.88 Å². The number of nitrogen functional groups attached to an aromatic ring is 1. The molecule has 0 bridgehead atoms. The van der Waals surface area contributed by atoms with Gasteiger partial charge in [0.1, 0.15) is 10.7 Å². The number of nitrogens with one attached hydrogen (secondary N) is 2. The van der Waals surface area contributed by atoms with Crippen molar-refractivity contribution < 1.29 is 9.53 Å². The molecular formula is C13H22N4O2S2. The van der Waals surface area contributed by atoms with Gasteiger partial charge in [-0.05, 0) is 30.3 Å². The topological polar surface area (TPSA) is 89.3 Å². The summed E-state index contributed by atoms with van der Waals surface area (Å²) in [5.74, 6) is 3.14. The lowest BCUT2D eigenvalue weighted by molar-refractivity contribution is 0.0951. The minimum Gasteiger partial charge on any atom is -0.383 e. The summed E-state index contributed by atoms with van der Waals surface area (Å²) in [6.45, 7) is 1.95. The highest BCUT2D eigenvalue weighted by molar-refractivity contribution is 7.99. The zero-order chi connectivity index (χ0) is 15.1. The van der Waals surface area contributed by atoms with Gasteiger partial charge in [0.15, 0.2) is 5.13 Å². The highest BCUT2D eigenvalue weighted by atomic mass is 32.2. The Labute approximate surface area is 133 Å². The van der Waals surface area contributed by atoms with Crippen molar-refractivity contribution in [2.24, 2.45) is 5.92 Å². The van der Waals surface area contributed by atoms with Gasteiger partial charge in [-0.15, -0.1) is 0 Å².